The first kappa shape index (κ1) is 24.3. The molecule has 2 aromatic carbocycles. The van der Waals surface area contributed by atoms with Crippen LogP contribution in [-0.2, 0) is 20.4 Å². The van der Waals surface area contributed by atoms with Gasteiger partial charge in [0.25, 0.3) is 11.6 Å². The molecular formula is C20H17ClF3N3O6. The summed E-state index contributed by atoms with van der Waals surface area (Å²) >= 11 is 5.86. The Morgan fingerprint density at radius 2 is 1.88 bits per heavy atom. The van der Waals surface area contributed by atoms with Crippen LogP contribution in [-0.4, -0.2) is 49.7 Å². The van der Waals surface area contributed by atoms with E-state index in [2.05, 4.69) is 5.32 Å². The van der Waals surface area contributed by atoms with Crippen LogP contribution in [0.25, 0.3) is 0 Å². The first-order valence-corrected chi connectivity index (χ1v) is 9.89. The molecule has 33 heavy (non-hydrogen) atoms. The molecule has 0 saturated carbocycles. The zero-order valence-corrected chi connectivity index (χ0v) is 17.6. The van der Waals surface area contributed by atoms with Crippen LogP contribution < -0.4 is 10.2 Å². The van der Waals surface area contributed by atoms with Gasteiger partial charge in [0.2, 0.25) is 0 Å². The Hall–Kier alpha value is -3.38. The maximum atomic E-state index is 13.2. The fraction of sp³-hybridized carbons (Fsp3) is 0.300. The summed E-state index contributed by atoms with van der Waals surface area (Å²) < 4.78 is 49.6. The summed E-state index contributed by atoms with van der Waals surface area (Å²) in [5, 5.41) is 13.1. The van der Waals surface area contributed by atoms with Crippen molar-refractivity contribution in [2.24, 2.45) is 0 Å². The number of rotatable bonds is 6. The lowest BCUT2D eigenvalue weighted by atomic mass is 10.1. The quantitative estimate of drug-likeness (QED) is 0.373. The monoisotopic (exact) mass is 487 g/mol. The normalized spacial score (nSPS) is 14.0. The second kappa shape index (κ2) is 10.0. The molecular weight excluding hydrogens is 471 g/mol. The molecule has 1 fully saturated rings. The van der Waals surface area contributed by atoms with Gasteiger partial charge in [-0.05, 0) is 24.3 Å². The van der Waals surface area contributed by atoms with E-state index in [9.17, 15) is 32.9 Å². The average molecular weight is 488 g/mol. The summed E-state index contributed by atoms with van der Waals surface area (Å²) in [4.78, 5) is 36.5. The van der Waals surface area contributed by atoms with Gasteiger partial charge in [-0.25, -0.2) is 4.79 Å². The van der Waals surface area contributed by atoms with Crippen LogP contribution in [0.2, 0.25) is 5.02 Å². The molecule has 0 spiro atoms. The highest BCUT2D eigenvalue weighted by molar-refractivity contribution is 6.33. The van der Waals surface area contributed by atoms with E-state index in [1.54, 1.807) is 4.90 Å². The number of carbonyl (C=O) groups excluding carboxylic acids is 2. The highest BCUT2D eigenvalue weighted by Gasteiger charge is 2.32. The van der Waals surface area contributed by atoms with Gasteiger partial charge in [0, 0.05) is 25.2 Å². The van der Waals surface area contributed by atoms with E-state index < -0.39 is 40.8 Å². The van der Waals surface area contributed by atoms with E-state index in [1.807, 2.05) is 0 Å². The number of nitrogens with zero attached hydrogens (tertiary/aromatic N) is 2. The van der Waals surface area contributed by atoms with Gasteiger partial charge in [-0.3, -0.25) is 14.9 Å². The predicted octanol–water partition coefficient (Wildman–Crippen LogP) is 3.90. The van der Waals surface area contributed by atoms with E-state index in [-0.39, 0.29) is 16.3 Å². The number of anilines is 2. The van der Waals surface area contributed by atoms with Crippen molar-refractivity contribution in [3.63, 3.8) is 0 Å². The Morgan fingerprint density at radius 1 is 1.18 bits per heavy atom. The van der Waals surface area contributed by atoms with E-state index >= 15 is 0 Å². The number of nitro groups is 1. The minimum absolute atomic E-state index is 0.110. The summed E-state index contributed by atoms with van der Waals surface area (Å²) in [5.74, 6) is -2.00. The molecule has 1 saturated heterocycles. The maximum Gasteiger partial charge on any atom is 0.416 e. The Balaban J connectivity index is 1.74. The summed E-state index contributed by atoms with van der Waals surface area (Å²) in [6.07, 6.45) is -4.63. The van der Waals surface area contributed by atoms with Gasteiger partial charge in [0.1, 0.15) is 0 Å². The maximum absolute atomic E-state index is 13.2. The van der Waals surface area contributed by atoms with Crippen molar-refractivity contribution in [2.75, 3.05) is 43.1 Å². The summed E-state index contributed by atoms with van der Waals surface area (Å²) in [6, 6.07) is 6.07. The third-order valence-electron chi connectivity index (χ3n) is 4.66. The van der Waals surface area contributed by atoms with Crippen molar-refractivity contribution in [1.82, 2.24) is 0 Å². The van der Waals surface area contributed by atoms with Crippen LogP contribution >= 0.6 is 11.6 Å². The molecule has 9 nitrogen and oxygen atoms in total. The number of alkyl halides is 3. The van der Waals surface area contributed by atoms with Gasteiger partial charge < -0.3 is 19.7 Å². The number of benzene rings is 2. The number of morpholine rings is 1. The number of halogens is 4. The third-order valence-corrected chi connectivity index (χ3v) is 4.99. The Labute approximate surface area is 190 Å². The van der Waals surface area contributed by atoms with E-state index in [0.717, 1.165) is 30.3 Å². The molecule has 3 rings (SSSR count). The second-order valence-corrected chi connectivity index (χ2v) is 7.28. The smallest absolute Gasteiger partial charge is 0.416 e. The van der Waals surface area contributed by atoms with Crippen molar-refractivity contribution >= 4 is 40.5 Å². The fourth-order valence-electron chi connectivity index (χ4n) is 3.07. The second-order valence-electron chi connectivity index (χ2n) is 6.87. The van der Waals surface area contributed by atoms with Crippen LogP contribution in [0.15, 0.2) is 36.4 Å². The lowest BCUT2D eigenvalue weighted by Gasteiger charge is -2.31. The van der Waals surface area contributed by atoms with Gasteiger partial charge in [-0.1, -0.05) is 11.6 Å². The summed E-state index contributed by atoms with van der Waals surface area (Å²) in [5.41, 5.74) is -1.45. The standard InChI is InChI=1S/C20H17ClF3N3O6/c21-15-3-2-13(27(30)31)10-14(15)19(29)33-11-18(28)25-16-9-12(20(22,23)24)1-4-17(16)26-5-7-32-8-6-26/h1-4,9-10H,5-8,11H2,(H,25,28). The lowest BCUT2D eigenvalue weighted by molar-refractivity contribution is -0.384. The highest BCUT2D eigenvalue weighted by atomic mass is 35.5. The Morgan fingerprint density at radius 3 is 2.52 bits per heavy atom. The van der Waals surface area contributed by atoms with Gasteiger partial charge >= 0.3 is 12.1 Å². The van der Waals surface area contributed by atoms with Crippen LogP contribution in [0.4, 0.5) is 30.2 Å². The highest BCUT2D eigenvalue weighted by Crippen LogP contribution is 2.35. The van der Waals surface area contributed by atoms with Crippen molar-refractivity contribution in [3.05, 3.63) is 62.7 Å². The first-order valence-electron chi connectivity index (χ1n) is 9.51. The molecule has 0 aromatic heterocycles. The third kappa shape index (κ3) is 6.11. The Bertz CT molecular complexity index is 1070. The zero-order valence-electron chi connectivity index (χ0n) is 16.9. The van der Waals surface area contributed by atoms with E-state index in [4.69, 9.17) is 21.1 Å². The number of esters is 1. The van der Waals surface area contributed by atoms with Crippen LogP contribution in [0, 0.1) is 10.1 Å². The van der Waals surface area contributed by atoms with Gasteiger partial charge in [-0.15, -0.1) is 0 Å². The SMILES string of the molecule is O=C(COC(=O)c1cc([N+](=O)[O-])ccc1Cl)Nc1cc(C(F)(F)F)ccc1N1CCOCC1. The van der Waals surface area contributed by atoms with E-state index in [0.29, 0.717) is 32.0 Å². The summed E-state index contributed by atoms with van der Waals surface area (Å²) in [6.45, 7) is 0.714. The number of nitro benzene ring substituents is 1. The number of nitrogens with one attached hydrogen (secondary N) is 1. The number of hydrogen-bond acceptors (Lipinski definition) is 7. The number of amides is 1. The molecule has 2 aromatic rings. The minimum Gasteiger partial charge on any atom is -0.452 e. The minimum atomic E-state index is -4.63. The predicted molar refractivity (Wildman–Crippen MR) is 111 cm³/mol. The molecule has 1 N–H and O–H groups in total. The zero-order chi connectivity index (χ0) is 24.2. The van der Waals surface area contributed by atoms with Gasteiger partial charge in [-0.2, -0.15) is 13.2 Å². The molecule has 1 aliphatic rings. The molecule has 0 atom stereocenters. The molecule has 0 aliphatic carbocycles. The first-order chi connectivity index (χ1) is 15.6. The molecule has 1 heterocycles. The molecule has 1 amide bonds. The fourth-order valence-corrected chi connectivity index (χ4v) is 3.27. The van der Waals surface area contributed by atoms with Crippen LogP contribution in [0.3, 0.4) is 0 Å². The average Bonchev–Trinajstić information content (AvgIpc) is 2.77. The van der Waals surface area contributed by atoms with Crippen molar-refractivity contribution in [1.29, 1.82) is 0 Å². The molecule has 0 unspecified atom stereocenters. The largest absolute Gasteiger partial charge is 0.452 e. The number of ether oxygens (including phenoxy) is 2. The molecule has 0 bridgehead atoms. The number of non-ortho nitro benzene ring substituents is 1. The molecule has 1 aliphatic heterocycles. The van der Waals surface area contributed by atoms with Crippen molar-refractivity contribution in [2.45, 2.75) is 6.18 Å². The molecule has 13 heteroatoms. The molecule has 0 radical (unpaired) electrons. The van der Waals surface area contributed by atoms with Crippen LogP contribution in [0.1, 0.15) is 15.9 Å². The van der Waals surface area contributed by atoms with Gasteiger partial charge in [0.15, 0.2) is 6.61 Å². The lowest BCUT2D eigenvalue weighted by Crippen LogP contribution is -2.37. The molecule has 176 valence electrons. The van der Waals surface area contributed by atoms with Crippen LogP contribution in [0.5, 0.6) is 0 Å². The topological polar surface area (TPSA) is 111 Å². The van der Waals surface area contributed by atoms with Gasteiger partial charge in [0.05, 0.1) is 45.7 Å². The number of carbonyl (C=O) groups is 2. The van der Waals surface area contributed by atoms with E-state index in [1.165, 1.54) is 6.07 Å². The van der Waals surface area contributed by atoms with Crippen molar-refractivity contribution < 1.29 is 37.2 Å². The summed E-state index contributed by atoms with van der Waals surface area (Å²) in [7, 11) is 0. The number of hydrogen-bond donors (Lipinski definition) is 1. The Kier molecular flexibility index (Phi) is 7.39. The van der Waals surface area contributed by atoms with Crippen molar-refractivity contribution in [3.8, 4) is 0 Å².